The number of benzene rings is 1. The van der Waals surface area contributed by atoms with Crippen molar-refractivity contribution in [1.82, 2.24) is 29.5 Å². The van der Waals surface area contributed by atoms with Gasteiger partial charge in [-0.15, -0.1) is 0 Å². The summed E-state index contributed by atoms with van der Waals surface area (Å²) < 4.78 is 15.3. The SMILES string of the molecule is Cn1nc(-c2cccnc2)cc1CN1CCN(C(=O)c2cc3ccc(F)cc3[nH]2)CC1. The van der Waals surface area contributed by atoms with Crippen LogP contribution in [0.15, 0.2) is 54.9 Å². The fourth-order valence-corrected chi connectivity index (χ4v) is 4.03. The summed E-state index contributed by atoms with van der Waals surface area (Å²) in [5.41, 5.74) is 4.17. The molecule has 31 heavy (non-hydrogen) atoms. The van der Waals surface area contributed by atoms with E-state index in [1.807, 2.05) is 35.0 Å². The lowest BCUT2D eigenvalue weighted by atomic mass is 10.2. The number of piperazine rings is 1. The molecule has 1 fully saturated rings. The van der Waals surface area contributed by atoms with E-state index in [0.29, 0.717) is 24.3 Å². The highest BCUT2D eigenvalue weighted by molar-refractivity contribution is 5.98. The van der Waals surface area contributed by atoms with Crippen molar-refractivity contribution in [2.45, 2.75) is 6.54 Å². The molecule has 0 atom stereocenters. The second kappa shape index (κ2) is 7.96. The van der Waals surface area contributed by atoms with Crippen molar-refractivity contribution in [3.8, 4) is 11.3 Å². The summed E-state index contributed by atoms with van der Waals surface area (Å²) in [4.78, 5) is 24.3. The Kier molecular flexibility index (Phi) is 4.99. The molecule has 8 heteroatoms. The summed E-state index contributed by atoms with van der Waals surface area (Å²) in [6.45, 7) is 3.64. The summed E-state index contributed by atoms with van der Waals surface area (Å²) in [5.74, 6) is -0.362. The highest BCUT2D eigenvalue weighted by Gasteiger charge is 2.24. The summed E-state index contributed by atoms with van der Waals surface area (Å²) >= 11 is 0. The quantitative estimate of drug-likeness (QED) is 0.553. The molecule has 1 N–H and O–H groups in total. The minimum Gasteiger partial charge on any atom is -0.350 e. The second-order valence-corrected chi connectivity index (χ2v) is 7.87. The molecule has 0 radical (unpaired) electrons. The van der Waals surface area contributed by atoms with E-state index in [1.54, 1.807) is 18.3 Å². The Morgan fingerprint density at radius 1 is 1.13 bits per heavy atom. The maximum atomic E-state index is 13.4. The molecule has 0 bridgehead atoms. The number of nitrogens with zero attached hydrogens (tertiary/aromatic N) is 5. The predicted molar refractivity (Wildman–Crippen MR) is 116 cm³/mol. The van der Waals surface area contributed by atoms with Crippen molar-refractivity contribution >= 4 is 16.8 Å². The van der Waals surface area contributed by atoms with Gasteiger partial charge in [-0.1, -0.05) is 0 Å². The van der Waals surface area contributed by atoms with Crippen molar-refractivity contribution in [2.75, 3.05) is 26.2 Å². The number of halogens is 1. The average molecular weight is 418 g/mol. The lowest BCUT2D eigenvalue weighted by Gasteiger charge is -2.34. The van der Waals surface area contributed by atoms with E-state index < -0.39 is 0 Å². The Balaban J connectivity index is 1.22. The number of H-pyrrole nitrogens is 1. The maximum absolute atomic E-state index is 13.4. The topological polar surface area (TPSA) is 70.1 Å². The number of fused-ring (bicyclic) bond motifs is 1. The molecular formula is C23H23FN6O. The predicted octanol–water partition coefficient (Wildman–Crippen LogP) is 3.06. The zero-order chi connectivity index (χ0) is 21.4. The molecule has 4 heterocycles. The molecule has 1 saturated heterocycles. The first-order valence-electron chi connectivity index (χ1n) is 10.3. The first kappa shape index (κ1) is 19.4. The molecule has 1 aliphatic heterocycles. The Morgan fingerprint density at radius 3 is 2.74 bits per heavy atom. The molecule has 0 aliphatic carbocycles. The van der Waals surface area contributed by atoms with Gasteiger partial charge in [0.15, 0.2) is 0 Å². The fraction of sp³-hybridized carbons (Fsp3) is 0.261. The molecule has 0 saturated carbocycles. The Bertz CT molecular complexity index is 1220. The summed E-state index contributed by atoms with van der Waals surface area (Å²) in [6, 6.07) is 12.3. The van der Waals surface area contributed by atoms with E-state index in [2.05, 4.69) is 26.0 Å². The molecule has 7 nitrogen and oxygen atoms in total. The molecule has 1 aromatic carbocycles. The van der Waals surface area contributed by atoms with Crippen molar-refractivity contribution in [1.29, 1.82) is 0 Å². The lowest BCUT2D eigenvalue weighted by Crippen LogP contribution is -2.48. The minimum atomic E-state index is -0.316. The van der Waals surface area contributed by atoms with E-state index in [4.69, 9.17) is 0 Å². The van der Waals surface area contributed by atoms with Gasteiger partial charge in [0, 0.05) is 68.6 Å². The number of amides is 1. The van der Waals surface area contributed by atoms with Crippen LogP contribution in [0.25, 0.3) is 22.2 Å². The van der Waals surface area contributed by atoms with Gasteiger partial charge in [0.2, 0.25) is 0 Å². The molecule has 5 rings (SSSR count). The Morgan fingerprint density at radius 2 is 1.97 bits per heavy atom. The van der Waals surface area contributed by atoms with E-state index in [1.165, 1.54) is 12.1 Å². The van der Waals surface area contributed by atoms with Crippen LogP contribution in [0.4, 0.5) is 4.39 Å². The van der Waals surface area contributed by atoms with Gasteiger partial charge in [-0.2, -0.15) is 5.10 Å². The van der Waals surface area contributed by atoms with Gasteiger partial charge in [-0.25, -0.2) is 4.39 Å². The van der Waals surface area contributed by atoms with Gasteiger partial charge in [-0.3, -0.25) is 19.4 Å². The molecule has 1 aliphatic rings. The molecule has 3 aromatic heterocycles. The fourth-order valence-electron chi connectivity index (χ4n) is 4.03. The summed E-state index contributed by atoms with van der Waals surface area (Å²) in [5, 5.41) is 5.45. The second-order valence-electron chi connectivity index (χ2n) is 7.87. The van der Waals surface area contributed by atoms with Crippen molar-refractivity contribution < 1.29 is 9.18 Å². The number of carbonyl (C=O) groups excluding carboxylic acids is 1. The van der Waals surface area contributed by atoms with Crippen molar-refractivity contribution in [3.05, 3.63) is 72.1 Å². The number of carbonyl (C=O) groups is 1. The van der Waals surface area contributed by atoms with E-state index in [-0.39, 0.29) is 11.7 Å². The number of aromatic amines is 1. The molecule has 1 amide bonds. The summed E-state index contributed by atoms with van der Waals surface area (Å²) in [7, 11) is 1.95. The number of hydrogen-bond donors (Lipinski definition) is 1. The number of hydrogen-bond acceptors (Lipinski definition) is 4. The number of pyridine rings is 1. The van der Waals surface area contributed by atoms with E-state index >= 15 is 0 Å². The molecular weight excluding hydrogens is 395 g/mol. The Labute approximate surface area is 179 Å². The third kappa shape index (κ3) is 3.94. The van der Waals surface area contributed by atoms with Gasteiger partial charge in [0.1, 0.15) is 11.5 Å². The molecule has 158 valence electrons. The van der Waals surface area contributed by atoms with Crippen LogP contribution in [0.5, 0.6) is 0 Å². The highest BCUT2D eigenvalue weighted by Crippen LogP contribution is 2.20. The first-order valence-corrected chi connectivity index (χ1v) is 10.3. The van der Waals surface area contributed by atoms with Crippen LogP contribution in [-0.2, 0) is 13.6 Å². The standard InChI is InChI=1S/C23H23FN6O/c1-28-19(13-21(27-28)17-3-2-6-25-14-17)15-29-7-9-30(10-8-29)23(31)22-11-16-4-5-18(24)12-20(16)26-22/h2-6,11-14,26H,7-10,15H2,1H3. The van der Waals surface area contributed by atoms with Crippen LogP contribution < -0.4 is 0 Å². The van der Waals surface area contributed by atoms with Gasteiger partial charge in [0.25, 0.3) is 5.91 Å². The van der Waals surface area contributed by atoms with Crippen LogP contribution in [0, 0.1) is 5.82 Å². The summed E-state index contributed by atoms with van der Waals surface area (Å²) in [6.07, 6.45) is 3.57. The van der Waals surface area contributed by atoms with E-state index in [9.17, 15) is 9.18 Å². The Hall–Kier alpha value is -3.52. The van der Waals surface area contributed by atoms with Crippen LogP contribution in [0.3, 0.4) is 0 Å². The van der Waals surface area contributed by atoms with Crippen LogP contribution in [0.2, 0.25) is 0 Å². The van der Waals surface area contributed by atoms with Crippen LogP contribution in [0.1, 0.15) is 16.2 Å². The molecule has 0 spiro atoms. The van der Waals surface area contributed by atoms with Crippen molar-refractivity contribution in [2.24, 2.45) is 7.05 Å². The zero-order valence-electron chi connectivity index (χ0n) is 17.3. The van der Waals surface area contributed by atoms with Gasteiger partial charge < -0.3 is 9.88 Å². The average Bonchev–Trinajstić information content (AvgIpc) is 3.37. The first-order chi connectivity index (χ1) is 15.1. The van der Waals surface area contributed by atoms with Gasteiger partial charge in [0.05, 0.1) is 11.4 Å². The smallest absolute Gasteiger partial charge is 0.270 e. The number of aromatic nitrogens is 4. The lowest BCUT2D eigenvalue weighted by molar-refractivity contribution is 0.0620. The van der Waals surface area contributed by atoms with Crippen LogP contribution >= 0.6 is 0 Å². The minimum absolute atomic E-state index is 0.0457. The van der Waals surface area contributed by atoms with Gasteiger partial charge in [-0.05, 0) is 42.5 Å². The third-order valence-corrected chi connectivity index (χ3v) is 5.79. The van der Waals surface area contributed by atoms with Crippen LogP contribution in [-0.4, -0.2) is 61.6 Å². The number of nitrogens with one attached hydrogen (secondary N) is 1. The van der Waals surface area contributed by atoms with E-state index in [0.717, 1.165) is 42.0 Å². The van der Waals surface area contributed by atoms with Gasteiger partial charge >= 0.3 is 0 Å². The normalized spacial score (nSPS) is 15.0. The monoisotopic (exact) mass is 418 g/mol. The molecule has 4 aromatic rings. The zero-order valence-corrected chi connectivity index (χ0v) is 17.3. The highest BCUT2D eigenvalue weighted by atomic mass is 19.1. The van der Waals surface area contributed by atoms with Crippen molar-refractivity contribution in [3.63, 3.8) is 0 Å². The third-order valence-electron chi connectivity index (χ3n) is 5.79. The maximum Gasteiger partial charge on any atom is 0.270 e. The number of aryl methyl sites for hydroxylation is 1. The molecule has 0 unspecified atom stereocenters. The number of rotatable bonds is 4. The largest absolute Gasteiger partial charge is 0.350 e.